The Morgan fingerprint density at radius 3 is 2.88 bits per heavy atom. The van der Waals surface area contributed by atoms with Crippen molar-refractivity contribution in [2.24, 2.45) is 5.73 Å². The molecule has 1 aliphatic heterocycles. The van der Waals surface area contributed by atoms with E-state index in [1.54, 1.807) is 0 Å². The van der Waals surface area contributed by atoms with Crippen LogP contribution in [0, 0.1) is 0 Å². The van der Waals surface area contributed by atoms with Crippen molar-refractivity contribution in [2.75, 3.05) is 5.32 Å². The van der Waals surface area contributed by atoms with Crippen LogP contribution in [-0.4, -0.2) is 28.7 Å². The van der Waals surface area contributed by atoms with Crippen LogP contribution in [0.15, 0.2) is 5.38 Å². The number of carbonyl (C=O) groups is 3. The topological polar surface area (TPSA) is 114 Å². The SMILES string of the molecule is NC(=O)c1csc(NC(=O)C2CCC(=O)N2)n1. The highest BCUT2D eigenvalue weighted by molar-refractivity contribution is 7.14. The molecule has 1 unspecified atom stereocenters. The molecular weight excluding hydrogens is 244 g/mol. The third-order valence-electron chi connectivity index (χ3n) is 2.30. The van der Waals surface area contributed by atoms with Crippen LogP contribution >= 0.6 is 11.3 Å². The molecule has 17 heavy (non-hydrogen) atoms. The molecule has 1 fully saturated rings. The summed E-state index contributed by atoms with van der Waals surface area (Å²) in [6, 6.07) is -0.525. The number of hydrogen-bond acceptors (Lipinski definition) is 5. The zero-order valence-electron chi connectivity index (χ0n) is 8.73. The van der Waals surface area contributed by atoms with Gasteiger partial charge in [-0.05, 0) is 6.42 Å². The van der Waals surface area contributed by atoms with E-state index in [1.807, 2.05) is 0 Å². The lowest BCUT2D eigenvalue weighted by Crippen LogP contribution is -2.37. The number of primary amides is 1. The number of carbonyl (C=O) groups excluding carboxylic acids is 3. The number of anilines is 1. The minimum Gasteiger partial charge on any atom is -0.364 e. The van der Waals surface area contributed by atoms with Gasteiger partial charge in [0.2, 0.25) is 11.8 Å². The van der Waals surface area contributed by atoms with Crippen LogP contribution in [0.5, 0.6) is 0 Å². The Balaban J connectivity index is 1.98. The molecule has 90 valence electrons. The van der Waals surface area contributed by atoms with Gasteiger partial charge in [-0.3, -0.25) is 14.4 Å². The van der Waals surface area contributed by atoms with Crippen LogP contribution in [0.3, 0.4) is 0 Å². The van der Waals surface area contributed by atoms with Crippen molar-refractivity contribution in [2.45, 2.75) is 18.9 Å². The summed E-state index contributed by atoms with van der Waals surface area (Å²) in [5.41, 5.74) is 5.15. The van der Waals surface area contributed by atoms with Crippen LogP contribution in [0.1, 0.15) is 23.3 Å². The maximum absolute atomic E-state index is 11.7. The molecule has 7 nitrogen and oxygen atoms in total. The van der Waals surface area contributed by atoms with Crippen molar-refractivity contribution < 1.29 is 14.4 Å². The Hall–Kier alpha value is -1.96. The molecule has 4 N–H and O–H groups in total. The molecule has 0 aromatic carbocycles. The monoisotopic (exact) mass is 254 g/mol. The lowest BCUT2D eigenvalue weighted by molar-refractivity contribution is -0.122. The van der Waals surface area contributed by atoms with Crippen LogP contribution in [0.2, 0.25) is 0 Å². The van der Waals surface area contributed by atoms with Gasteiger partial charge in [0.05, 0.1) is 0 Å². The molecule has 8 heteroatoms. The number of nitrogens with zero attached hydrogens (tertiary/aromatic N) is 1. The second-order valence-corrected chi connectivity index (χ2v) is 4.41. The van der Waals surface area contributed by atoms with Gasteiger partial charge in [0.25, 0.3) is 5.91 Å². The molecule has 0 aliphatic carbocycles. The fourth-order valence-electron chi connectivity index (χ4n) is 1.45. The molecule has 0 saturated carbocycles. The number of amides is 3. The van der Waals surface area contributed by atoms with Gasteiger partial charge in [-0.1, -0.05) is 0 Å². The average molecular weight is 254 g/mol. The highest BCUT2D eigenvalue weighted by atomic mass is 32.1. The molecule has 1 atom stereocenters. The van der Waals surface area contributed by atoms with Gasteiger partial charge in [-0.15, -0.1) is 11.3 Å². The van der Waals surface area contributed by atoms with Crippen LogP contribution in [-0.2, 0) is 9.59 Å². The molecular formula is C9H10N4O3S. The van der Waals surface area contributed by atoms with Crippen molar-refractivity contribution >= 4 is 34.2 Å². The summed E-state index contributed by atoms with van der Waals surface area (Å²) in [4.78, 5) is 37.2. The number of rotatable bonds is 3. The van der Waals surface area contributed by atoms with E-state index in [0.717, 1.165) is 11.3 Å². The lowest BCUT2D eigenvalue weighted by atomic mass is 10.2. The van der Waals surface area contributed by atoms with Gasteiger partial charge >= 0.3 is 0 Å². The smallest absolute Gasteiger partial charge is 0.268 e. The van der Waals surface area contributed by atoms with E-state index in [4.69, 9.17) is 5.73 Å². The highest BCUT2D eigenvalue weighted by Gasteiger charge is 2.27. The standard InChI is InChI=1S/C9H10N4O3S/c10-7(15)5-3-17-9(12-5)13-8(16)4-1-2-6(14)11-4/h3-4H,1-2H2,(H2,10,15)(H,11,14)(H,12,13,16). The van der Waals surface area contributed by atoms with Crippen LogP contribution in [0.25, 0.3) is 0 Å². The zero-order chi connectivity index (χ0) is 12.4. The summed E-state index contributed by atoms with van der Waals surface area (Å²) < 4.78 is 0. The quantitative estimate of drug-likeness (QED) is 0.672. The minimum atomic E-state index is -0.643. The first-order chi connectivity index (χ1) is 8.06. The molecule has 1 aromatic rings. The Kier molecular flexibility index (Phi) is 3.05. The average Bonchev–Trinajstić information content (AvgIpc) is 2.86. The summed E-state index contributed by atoms with van der Waals surface area (Å²) >= 11 is 1.11. The first kappa shape index (κ1) is 11.5. The first-order valence-electron chi connectivity index (χ1n) is 4.92. The predicted octanol–water partition coefficient (Wildman–Crippen LogP) is -0.541. The van der Waals surface area contributed by atoms with Gasteiger partial charge in [0, 0.05) is 11.8 Å². The first-order valence-corrected chi connectivity index (χ1v) is 5.80. The van der Waals surface area contributed by atoms with Crippen molar-refractivity contribution in [3.8, 4) is 0 Å². The lowest BCUT2D eigenvalue weighted by Gasteiger charge is -2.08. The normalized spacial score (nSPS) is 18.8. The molecule has 0 spiro atoms. The van der Waals surface area contributed by atoms with Gasteiger partial charge in [-0.25, -0.2) is 4.98 Å². The van der Waals surface area contributed by atoms with E-state index in [9.17, 15) is 14.4 Å². The van der Waals surface area contributed by atoms with Crippen molar-refractivity contribution in [1.82, 2.24) is 10.3 Å². The molecule has 2 rings (SSSR count). The maximum Gasteiger partial charge on any atom is 0.268 e. The van der Waals surface area contributed by atoms with E-state index < -0.39 is 11.9 Å². The number of thiazole rings is 1. The second-order valence-electron chi connectivity index (χ2n) is 3.55. The number of aromatic nitrogens is 1. The summed E-state index contributed by atoms with van der Waals surface area (Å²) in [5.74, 6) is -1.11. The molecule has 1 aromatic heterocycles. The molecule has 0 bridgehead atoms. The molecule has 2 heterocycles. The van der Waals surface area contributed by atoms with E-state index >= 15 is 0 Å². The van der Waals surface area contributed by atoms with Crippen molar-refractivity contribution in [1.29, 1.82) is 0 Å². The van der Waals surface area contributed by atoms with E-state index in [0.29, 0.717) is 18.0 Å². The highest BCUT2D eigenvalue weighted by Crippen LogP contribution is 2.16. The Morgan fingerprint density at radius 1 is 1.59 bits per heavy atom. The molecule has 0 radical (unpaired) electrons. The number of hydrogen-bond donors (Lipinski definition) is 3. The van der Waals surface area contributed by atoms with E-state index in [1.165, 1.54) is 5.38 Å². The van der Waals surface area contributed by atoms with Crippen LogP contribution < -0.4 is 16.4 Å². The third-order valence-corrected chi connectivity index (χ3v) is 3.06. The Labute approximate surface area is 100 Å². The maximum atomic E-state index is 11.7. The fourth-order valence-corrected chi connectivity index (χ4v) is 2.15. The molecule has 1 aliphatic rings. The molecule has 1 saturated heterocycles. The zero-order valence-corrected chi connectivity index (χ0v) is 9.54. The predicted molar refractivity (Wildman–Crippen MR) is 60.4 cm³/mol. The fraction of sp³-hybridized carbons (Fsp3) is 0.333. The largest absolute Gasteiger partial charge is 0.364 e. The summed E-state index contributed by atoms with van der Waals surface area (Å²) in [6.07, 6.45) is 0.821. The summed E-state index contributed by atoms with van der Waals surface area (Å²) in [6.45, 7) is 0. The summed E-state index contributed by atoms with van der Waals surface area (Å²) in [5, 5.41) is 6.82. The van der Waals surface area contributed by atoms with Crippen molar-refractivity contribution in [3.63, 3.8) is 0 Å². The van der Waals surface area contributed by atoms with Gasteiger partial charge in [0.1, 0.15) is 11.7 Å². The van der Waals surface area contributed by atoms with E-state index in [-0.39, 0.29) is 17.5 Å². The van der Waals surface area contributed by atoms with Crippen molar-refractivity contribution in [3.05, 3.63) is 11.1 Å². The molecule has 3 amide bonds. The van der Waals surface area contributed by atoms with Gasteiger partial charge in [-0.2, -0.15) is 0 Å². The van der Waals surface area contributed by atoms with Gasteiger partial charge < -0.3 is 16.4 Å². The Morgan fingerprint density at radius 2 is 2.35 bits per heavy atom. The van der Waals surface area contributed by atoms with E-state index in [2.05, 4.69) is 15.6 Å². The number of nitrogens with one attached hydrogen (secondary N) is 2. The summed E-state index contributed by atoms with van der Waals surface area (Å²) in [7, 11) is 0. The third kappa shape index (κ3) is 2.59. The number of nitrogens with two attached hydrogens (primary N) is 1. The Bertz CT molecular complexity index is 484. The minimum absolute atomic E-state index is 0.112. The van der Waals surface area contributed by atoms with Crippen LogP contribution in [0.4, 0.5) is 5.13 Å². The second kappa shape index (κ2) is 4.50. The van der Waals surface area contributed by atoms with Gasteiger partial charge in [0.15, 0.2) is 5.13 Å².